The second-order valence-electron chi connectivity index (χ2n) is 7.67. The topological polar surface area (TPSA) is 57.2 Å². The number of rotatable bonds is 7. The number of hydrogen-bond donors (Lipinski definition) is 1. The molecular formula is C23H28N4O2. The van der Waals surface area contributed by atoms with E-state index in [1.165, 1.54) is 0 Å². The van der Waals surface area contributed by atoms with Crippen molar-refractivity contribution in [3.05, 3.63) is 54.1 Å². The summed E-state index contributed by atoms with van der Waals surface area (Å²) in [5.41, 5.74) is 2.66. The van der Waals surface area contributed by atoms with Crippen LogP contribution < -0.4 is 10.1 Å². The molecule has 0 spiro atoms. The molecule has 2 aromatic carbocycles. The molecule has 0 bridgehead atoms. The smallest absolute Gasteiger partial charge is 0.237 e. The summed E-state index contributed by atoms with van der Waals surface area (Å²) >= 11 is 0. The highest BCUT2D eigenvalue weighted by atomic mass is 16.5. The Morgan fingerprint density at radius 2 is 1.86 bits per heavy atom. The van der Waals surface area contributed by atoms with Crippen molar-refractivity contribution in [2.45, 2.75) is 12.3 Å². The molecule has 29 heavy (non-hydrogen) atoms. The van der Waals surface area contributed by atoms with Crippen LogP contribution >= 0.6 is 0 Å². The molecule has 6 heteroatoms. The van der Waals surface area contributed by atoms with Gasteiger partial charge in [0.15, 0.2) is 0 Å². The van der Waals surface area contributed by atoms with Crippen molar-refractivity contribution in [2.24, 2.45) is 4.99 Å². The molecule has 2 heterocycles. The second-order valence-corrected chi connectivity index (χ2v) is 7.67. The summed E-state index contributed by atoms with van der Waals surface area (Å²) in [6.45, 7) is 6.39. The monoisotopic (exact) mass is 392 g/mol. The molecular weight excluding hydrogens is 364 g/mol. The van der Waals surface area contributed by atoms with Gasteiger partial charge in [0.05, 0.1) is 12.3 Å². The molecule has 2 aliphatic heterocycles. The highest BCUT2D eigenvalue weighted by Crippen LogP contribution is 2.31. The van der Waals surface area contributed by atoms with Crippen molar-refractivity contribution < 1.29 is 9.53 Å². The molecule has 0 saturated carbocycles. The Labute approximate surface area is 172 Å². The van der Waals surface area contributed by atoms with Crippen molar-refractivity contribution in [2.75, 3.05) is 51.7 Å². The van der Waals surface area contributed by atoms with Crippen molar-refractivity contribution in [1.82, 2.24) is 9.80 Å². The number of ether oxygens (including phenoxy) is 1. The van der Waals surface area contributed by atoms with E-state index in [0.717, 1.165) is 61.8 Å². The summed E-state index contributed by atoms with van der Waals surface area (Å²) in [7, 11) is 2.18. The van der Waals surface area contributed by atoms with Gasteiger partial charge in [0, 0.05) is 44.6 Å². The maximum atomic E-state index is 12.2. The number of amides is 1. The minimum atomic E-state index is -0.336. The van der Waals surface area contributed by atoms with Gasteiger partial charge in [-0.1, -0.05) is 18.2 Å². The molecule has 6 nitrogen and oxygen atoms in total. The molecule has 0 aliphatic carbocycles. The molecule has 1 N–H and O–H groups in total. The molecule has 1 unspecified atom stereocenters. The standard InChI is InChI=1S/C23H28N4O2/c1-26-12-14-27(15-13-26)11-4-16-29-19-9-7-18(8-10-19)24-17-21-20-5-2-3-6-22(20)25-23(21)28/h2-3,5-10,17,21H,4,11-16H2,1H3,(H,25,28). The third-order valence-electron chi connectivity index (χ3n) is 5.53. The number of piperazine rings is 1. The Morgan fingerprint density at radius 3 is 2.66 bits per heavy atom. The number of aliphatic imine (C=N–C) groups is 1. The number of carbonyl (C=O) groups is 1. The number of nitrogens with zero attached hydrogens (tertiary/aromatic N) is 3. The van der Waals surface area contributed by atoms with E-state index in [-0.39, 0.29) is 11.8 Å². The minimum absolute atomic E-state index is 0.0322. The summed E-state index contributed by atoms with van der Waals surface area (Å²) < 4.78 is 5.86. The van der Waals surface area contributed by atoms with Gasteiger partial charge in [-0.25, -0.2) is 0 Å². The van der Waals surface area contributed by atoms with Crippen LogP contribution in [0.4, 0.5) is 11.4 Å². The van der Waals surface area contributed by atoms with E-state index in [2.05, 4.69) is 27.2 Å². The fraction of sp³-hybridized carbons (Fsp3) is 0.391. The average molecular weight is 393 g/mol. The molecule has 152 valence electrons. The Balaban J connectivity index is 1.24. The fourth-order valence-electron chi connectivity index (χ4n) is 3.72. The Hall–Kier alpha value is -2.70. The van der Waals surface area contributed by atoms with Gasteiger partial charge in [0.2, 0.25) is 5.91 Å². The van der Waals surface area contributed by atoms with E-state index in [4.69, 9.17) is 4.74 Å². The zero-order chi connectivity index (χ0) is 20.1. The number of hydrogen-bond acceptors (Lipinski definition) is 5. The minimum Gasteiger partial charge on any atom is -0.494 e. The first kappa shape index (κ1) is 19.6. The number of nitrogens with one attached hydrogen (secondary N) is 1. The molecule has 1 fully saturated rings. The summed E-state index contributed by atoms with van der Waals surface area (Å²) in [4.78, 5) is 21.5. The molecule has 0 radical (unpaired) electrons. The van der Waals surface area contributed by atoms with Crippen LogP contribution in [-0.4, -0.2) is 68.3 Å². The summed E-state index contributed by atoms with van der Waals surface area (Å²) in [5, 5.41) is 2.89. The number of likely N-dealkylation sites (N-methyl/N-ethyl adjacent to an activating group) is 1. The zero-order valence-corrected chi connectivity index (χ0v) is 16.9. The van der Waals surface area contributed by atoms with E-state index >= 15 is 0 Å². The molecule has 1 atom stereocenters. The van der Waals surface area contributed by atoms with Crippen LogP contribution in [0.15, 0.2) is 53.5 Å². The normalized spacial score (nSPS) is 20.0. The van der Waals surface area contributed by atoms with Gasteiger partial charge in [-0.05, 0) is 49.4 Å². The van der Waals surface area contributed by atoms with Gasteiger partial charge < -0.3 is 19.9 Å². The Bertz CT molecular complexity index is 857. The lowest BCUT2D eigenvalue weighted by Gasteiger charge is -2.32. The van der Waals surface area contributed by atoms with Crippen molar-refractivity contribution in [3.63, 3.8) is 0 Å². The van der Waals surface area contributed by atoms with Crippen LogP contribution in [0.2, 0.25) is 0 Å². The summed E-state index contributed by atoms with van der Waals surface area (Å²) in [6, 6.07) is 15.4. The Kier molecular flexibility index (Phi) is 6.22. The second kappa shape index (κ2) is 9.20. The van der Waals surface area contributed by atoms with Gasteiger partial charge in [-0.3, -0.25) is 9.79 Å². The third kappa shape index (κ3) is 5.02. The first-order valence-corrected chi connectivity index (χ1v) is 10.3. The van der Waals surface area contributed by atoms with Gasteiger partial charge >= 0.3 is 0 Å². The number of fused-ring (bicyclic) bond motifs is 1. The van der Waals surface area contributed by atoms with Crippen LogP contribution in [0, 0.1) is 0 Å². The summed E-state index contributed by atoms with van der Waals surface area (Å²) in [6.07, 6.45) is 2.74. The fourth-order valence-corrected chi connectivity index (χ4v) is 3.72. The lowest BCUT2D eigenvalue weighted by molar-refractivity contribution is -0.115. The van der Waals surface area contributed by atoms with Gasteiger partial charge in [0.1, 0.15) is 11.7 Å². The van der Waals surface area contributed by atoms with E-state index < -0.39 is 0 Å². The molecule has 1 amide bonds. The molecule has 4 rings (SSSR count). The van der Waals surface area contributed by atoms with Crippen LogP contribution in [0.3, 0.4) is 0 Å². The van der Waals surface area contributed by atoms with E-state index in [1.807, 2.05) is 48.5 Å². The third-order valence-corrected chi connectivity index (χ3v) is 5.53. The average Bonchev–Trinajstić information content (AvgIpc) is 3.07. The molecule has 0 aromatic heterocycles. The van der Waals surface area contributed by atoms with Crippen molar-refractivity contribution in [1.29, 1.82) is 0 Å². The lowest BCUT2D eigenvalue weighted by Crippen LogP contribution is -2.44. The van der Waals surface area contributed by atoms with Crippen molar-refractivity contribution in [3.8, 4) is 5.75 Å². The van der Waals surface area contributed by atoms with E-state index in [0.29, 0.717) is 6.61 Å². The number of benzene rings is 2. The zero-order valence-electron chi connectivity index (χ0n) is 16.9. The summed E-state index contributed by atoms with van der Waals surface area (Å²) in [5.74, 6) is 0.484. The van der Waals surface area contributed by atoms with Crippen LogP contribution in [-0.2, 0) is 4.79 Å². The maximum absolute atomic E-state index is 12.2. The van der Waals surface area contributed by atoms with Crippen LogP contribution in [0.1, 0.15) is 17.9 Å². The Morgan fingerprint density at radius 1 is 1.10 bits per heavy atom. The predicted molar refractivity (Wildman–Crippen MR) is 116 cm³/mol. The number of carbonyl (C=O) groups excluding carboxylic acids is 1. The number of anilines is 1. The van der Waals surface area contributed by atoms with Gasteiger partial charge in [0.25, 0.3) is 0 Å². The van der Waals surface area contributed by atoms with Gasteiger partial charge in [-0.2, -0.15) is 0 Å². The predicted octanol–water partition coefficient (Wildman–Crippen LogP) is 3.14. The van der Waals surface area contributed by atoms with Crippen LogP contribution in [0.5, 0.6) is 5.75 Å². The lowest BCUT2D eigenvalue weighted by atomic mass is 10.0. The van der Waals surface area contributed by atoms with Gasteiger partial charge in [-0.15, -0.1) is 0 Å². The maximum Gasteiger partial charge on any atom is 0.237 e. The SMILES string of the molecule is CN1CCN(CCCOc2ccc(N=CC3C(=O)Nc4ccccc43)cc2)CC1. The highest BCUT2D eigenvalue weighted by molar-refractivity contribution is 6.12. The van der Waals surface area contributed by atoms with Crippen LogP contribution in [0.25, 0.3) is 0 Å². The van der Waals surface area contributed by atoms with E-state index in [9.17, 15) is 4.79 Å². The highest BCUT2D eigenvalue weighted by Gasteiger charge is 2.28. The molecule has 1 saturated heterocycles. The van der Waals surface area contributed by atoms with Crippen molar-refractivity contribution >= 4 is 23.5 Å². The molecule has 2 aliphatic rings. The first-order chi connectivity index (χ1) is 14.2. The number of para-hydroxylation sites is 1. The van der Waals surface area contributed by atoms with E-state index in [1.54, 1.807) is 6.21 Å². The largest absolute Gasteiger partial charge is 0.494 e. The quantitative estimate of drug-likeness (QED) is 0.581. The first-order valence-electron chi connectivity index (χ1n) is 10.3. The molecule has 2 aromatic rings.